The van der Waals surface area contributed by atoms with E-state index in [0.29, 0.717) is 25.9 Å². The first-order chi connectivity index (χ1) is 14.4. The van der Waals surface area contributed by atoms with Crippen molar-refractivity contribution in [2.75, 3.05) is 13.1 Å². The van der Waals surface area contributed by atoms with Crippen molar-refractivity contribution in [3.05, 3.63) is 60.2 Å². The Bertz CT molecular complexity index is 1190. The largest absolute Gasteiger partial charge is 0.353 e. The fourth-order valence-electron chi connectivity index (χ4n) is 3.96. The first kappa shape index (κ1) is 20.5. The van der Waals surface area contributed by atoms with Gasteiger partial charge in [-0.15, -0.1) is 0 Å². The van der Waals surface area contributed by atoms with Gasteiger partial charge in [-0.1, -0.05) is 24.3 Å². The fraction of sp³-hybridized carbons (Fsp3) is 0.333. The zero-order chi connectivity index (χ0) is 21.3. The van der Waals surface area contributed by atoms with E-state index < -0.39 is 26.8 Å². The third-order valence-electron chi connectivity index (χ3n) is 5.41. The summed E-state index contributed by atoms with van der Waals surface area (Å²) in [7, 11) is -4.09. The number of carbonyl (C=O) groups excluding carboxylic acids is 1. The predicted octanol–water partition coefficient (Wildman–Crippen LogP) is 2.45. The van der Waals surface area contributed by atoms with Crippen molar-refractivity contribution >= 4 is 27.0 Å². The second-order valence-electron chi connectivity index (χ2n) is 7.29. The summed E-state index contributed by atoms with van der Waals surface area (Å²) >= 11 is 0. The van der Waals surface area contributed by atoms with Gasteiger partial charge in [0.2, 0.25) is 15.9 Å². The number of amides is 1. The number of imidazole rings is 1. The number of rotatable bonds is 6. The summed E-state index contributed by atoms with van der Waals surface area (Å²) in [6.45, 7) is 2.95. The van der Waals surface area contributed by atoms with Crippen molar-refractivity contribution in [2.45, 2.75) is 37.2 Å². The van der Waals surface area contributed by atoms with Crippen molar-refractivity contribution in [1.29, 1.82) is 0 Å². The molecule has 1 aliphatic rings. The van der Waals surface area contributed by atoms with Crippen molar-refractivity contribution in [1.82, 2.24) is 19.2 Å². The van der Waals surface area contributed by atoms with E-state index in [0.717, 1.165) is 27.2 Å². The van der Waals surface area contributed by atoms with E-state index in [1.165, 1.54) is 18.2 Å². The molecule has 1 amide bonds. The molecular formula is C21H23FN4O3S. The first-order valence-corrected chi connectivity index (χ1v) is 11.3. The number of nitrogens with one attached hydrogen (secondary N) is 1. The maximum atomic E-state index is 14.1. The lowest BCUT2D eigenvalue weighted by Gasteiger charge is -2.23. The van der Waals surface area contributed by atoms with E-state index in [1.54, 1.807) is 0 Å². The number of halogens is 1. The number of benzene rings is 2. The summed E-state index contributed by atoms with van der Waals surface area (Å²) in [5.41, 5.74) is 1.87. The second-order valence-corrected chi connectivity index (χ2v) is 9.15. The first-order valence-electron chi connectivity index (χ1n) is 9.85. The zero-order valence-electron chi connectivity index (χ0n) is 16.6. The number of para-hydroxylation sites is 2. The van der Waals surface area contributed by atoms with Gasteiger partial charge >= 0.3 is 0 Å². The average Bonchev–Trinajstić information content (AvgIpc) is 3.33. The Morgan fingerprint density at radius 2 is 1.93 bits per heavy atom. The van der Waals surface area contributed by atoms with Gasteiger partial charge in [-0.25, -0.2) is 17.8 Å². The number of hydrogen-bond donors (Lipinski definition) is 1. The minimum Gasteiger partial charge on any atom is -0.353 e. The summed E-state index contributed by atoms with van der Waals surface area (Å²) in [6.07, 6.45) is 0.962. The fourth-order valence-corrected chi connectivity index (χ4v) is 5.68. The highest BCUT2D eigenvalue weighted by molar-refractivity contribution is 7.89. The van der Waals surface area contributed by atoms with Gasteiger partial charge in [0.05, 0.1) is 11.0 Å². The number of aryl methyl sites for hydroxylation is 1. The molecule has 9 heteroatoms. The van der Waals surface area contributed by atoms with Crippen LogP contribution in [0.25, 0.3) is 11.0 Å². The van der Waals surface area contributed by atoms with E-state index >= 15 is 0 Å². The molecule has 2 heterocycles. The molecule has 7 nitrogen and oxygen atoms in total. The topological polar surface area (TPSA) is 84.3 Å². The Kier molecular flexibility index (Phi) is 5.57. The van der Waals surface area contributed by atoms with Gasteiger partial charge in [0.1, 0.15) is 22.6 Å². The monoisotopic (exact) mass is 430 g/mol. The molecule has 4 rings (SSSR count). The second kappa shape index (κ2) is 8.16. The number of carbonyl (C=O) groups is 1. The van der Waals surface area contributed by atoms with Gasteiger partial charge in [0.15, 0.2) is 0 Å². The van der Waals surface area contributed by atoms with Crippen LogP contribution in [0.2, 0.25) is 0 Å². The van der Waals surface area contributed by atoms with Crippen LogP contribution in [0.4, 0.5) is 4.39 Å². The average molecular weight is 431 g/mol. The standard InChI is InChI=1S/C21H23FN4O3S/c1-15-24-17-8-3-4-9-18(17)25(15)14-12-23-21(27)19-10-6-13-26(19)30(28,29)20-11-5-2-7-16(20)22/h2-5,7-9,11,19H,6,10,12-14H2,1H3,(H,23,27). The van der Waals surface area contributed by atoms with Gasteiger partial charge in [-0.05, 0) is 44.0 Å². The summed E-state index contributed by atoms with van der Waals surface area (Å²) in [6, 6.07) is 12.2. The Balaban J connectivity index is 1.45. The number of hydrogen-bond acceptors (Lipinski definition) is 4. The molecule has 158 valence electrons. The van der Waals surface area contributed by atoms with Crippen molar-refractivity contribution < 1.29 is 17.6 Å². The lowest BCUT2D eigenvalue weighted by molar-refractivity contribution is -0.124. The molecular weight excluding hydrogens is 407 g/mol. The lowest BCUT2D eigenvalue weighted by Crippen LogP contribution is -2.46. The lowest BCUT2D eigenvalue weighted by atomic mass is 10.2. The van der Waals surface area contributed by atoms with Gasteiger partial charge in [0.25, 0.3) is 0 Å². The quantitative estimate of drug-likeness (QED) is 0.651. The molecule has 1 saturated heterocycles. The van der Waals surface area contributed by atoms with E-state index in [4.69, 9.17) is 0 Å². The molecule has 1 N–H and O–H groups in total. The van der Waals surface area contributed by atoms with Crippen LogP contribution in [0.1, 0.15) is 18.7 Å². The van der Waals surface area contributed by atoms with Gasteiger partial charge in [0, 0.05) is 19.6 Å². The Morgan fingerprint density at radius 1 is 1.20 bits per heavy atom. The molecule has 0 radical (unpaired) electrons. The number of aromatic nitrogens is 2. The highest BCUT2D eigenvalue weighted by Crippen LogP contribution is 2.27. The minimum absolute atomic E-state index is 0.194. The van der Waals surface area contributed by atoms with Crippen LogP contribution < -0.4 is 5.32 Å². The molecule has 1 fully saturated rings. The molecule has 1 aromatic heterocycles. The van der Waals surface area contributed by atoms with E-state index in [2.05, 4.69) is 10.3 Å². The van der Waals surface area contributed by atoms with E-state index in [1.807, 2.05) is 35.8 Å². The van der Waals surface area contributed by atoms with Crippen LogP contribution in [-0.2, 0) is 21.4 Å². The van der Waals surface area contributed by atoms with E-state index in [-0.39, 0.29) is 12.5 Å². The molecule has 1 aliphatic heterocycles. The SMILES string of the molecule is Cc1nc2ccccc2n1CCNC(=O)C1CCCN1S(=O)(=O)c1ccccc1F. The number of sulfonamides is 1. The minimum atomic E-state index is -4.09. The molecule has 3 aromatic rings. The Labute approximate surface area is 174 Å². The number of nitrogens with zero attached hydrogens (tertiary/aromatic N) is 3. The van der Waals surface area contributed by atoms with Crippen molar-refractivity contribution in [3.63, 3.8) is 0 Å². The predicted molar refractivity (Wildman–Crippen MR) is 111 cm³/mol. The maximum Gasteiger partial charge on any atom is 0.246 e. The maximum absolute atomic E-state index is 14.1. The van der Waals surface area contributed by atoms with E-state index in [9.17, 15) is 17.6 Å². The summed E-state index contributed by atoms with van der Waals surface area (Å²) in [4.78, 5) is 16.9. The normalized spacial score (nSPS) is 17.5. The summed E-state index contributed by atoms with van der Waals surface area (Å²) in [5.74, 6) is -0.337. The van der Waals surface area contributed by atoms with Gasteiger partial charge < -0.3 is 9.88 Å². The smallest absolute Gasteiger partial charge is 0.246 e. The third kappa shape index (κ3) is 3.70. The molecule has 2 aromatic carbocycles. The van der Waals surface area contributed by atoms with Crippen LogP contribution in [0, 0.1) is 12.7 Å². The molecule has 0 aliphatic carbocycles. The zero-order valence-corrected chi connectivity index (χ0v) is 17.4. The van der Waals surface area contributed by atoms with Gasteiger partial charge in [-0.2, -0.15) is 4.31 Å². The molecule has 30 heavy (non-hydrogen) atoms. The number of fused-ring (bicyclic) bond motifs is 1. The van der Waals surface area contributed by atoms with Gasteiger partial charge in [-0.3, -0.25) is 4.79 Å². The van der Waals surface area contributed by atoms with Crippen LogP contribution >= 0.6 is 0 Å². The highest BCUT2D eigenvalue weighted by atomic mass is 32.2. The highest BCUT2D eigenvalue weighted by Gasteiger charge is 2.40. The molecule has 0 spiro atoms. The summed E-state index contributed by atoms with van der Waals surface area (Å²) < 4.78 is 43.0. The molecule has 0 bridgehead atoms. The van der Waals surface area contributed by atoms with Crippen LogP contribution in [0.5, 0.6) is 0 Å². The van der Waals surface area contributed by atoms with Crippen molar-refractivity contribution in [2.24, 2.45) is 0 Å². The Morgan fingerprint density at radius 3 is 2.73 bits per heavy atom. The molecule has 0 saturated carbocycles. The Hall–Kier alpha value is -2.78. The summed E-state index contributed by atoms with van der Waals surface area (Å²) in [5, 5.41) is 2.84. The van der Waals surface area contributed by atoms with Crippen LogP contribution in [-0.4, -0.2) is 47.3 Å². The molecule has 1 atom stereocenters. The van der Waals surface area contributed by atoms with Crippen LogP contribution in [0.15, 0.2) is 53.4 Å². The third-order valence-corrected chi connectivity index (χ3v) is 7.35. The molecule has 1 unspecified atom stereocenters. The van der Waals surface area contributed by atoms with Crippen molar-refractivity contribution in [3.8, 4) is 0 Å². The van der Waals surface area contributed by atoms with Crippen LogP contribution in [0.3, 0.4) is 0 Å².